The monoisotopic (exact) mass is 485 g/mol. The van der Waals surface area contributed by atoms with Crippen LogP contribution in [0.25, 0.3) is 0 Å². The van der Waals surface area contributed by atoms with Crippen LogP contribution in [0.1, 0.15) is 36.3 Å². The standard InChI is InChI=1S/C20H27N3OS.HI/c1-15(18-9-11-25-14-18)12-22-20(21-2)23-10-8-17(13-23)16-4-6-19(24-3)7-5-16;/h4-7,9,11,14-15,17H,8,10,12-13H2,1-3H3,(H,21,22);1H. The van der Waals surface area contributed by atoms with Crippen molar-refractivity contribution in [1.82, 2.24) is 10.2 Å². The molecule has 0 spiro atoms. The van der Waals surface area contributed by atoms with E-state index in [4.69, 9.17) is 4.74 Å². The second kappa shape index (κ2) is 10.2. The number of ether oxygens (including phenoxy) is 1. The molecule has 2 heterocycles. The number of halogens is 1. The van der Waals surface area contributed by atoms with Crippen LogP contribution in [0.5, 0.6) is 5.75 Å². The second-order valence-corrected chi connectivity index (χ2v) is 7.37. The molecular weight excluding hydrogens is 457 g/mol. The molecule has 2 atom stereocenters. The van der Waals surface area contributed by atoms with Crippen LogP contribution in [0, 0.1) is 0 Å². The Morgan fingerprint density at radius 2 is 2.12 bits per heavy atom. The molecule has 1 aromatic heterocycles. The maximum atomic E-state index is 5.25. The Kier molecular flexibility index (Phi) is 8.21. The third-order valence-electron chi connectivity index (χ3n) is 4.97. The molecule has 2 aromatic rings. The van der Waals surface area contributed by atoms with Gasteiger partial charge in [0.1, 0.15) is 5.75 Å². The number of rotatable bonds is 5. The van der Waals surface area contributed by atoms with Crippen LogP contribution in [0.2, 0.25) is 0 Å². The molecule has 0 aliphatic carbocycles. The Morgan fingerprint density at radius 1 is 1.35 bits per heavy atom. The van der Waals surface area contributed by atoms with Gasteiger partial charge in [-0.2, -0.15) is 11.3 Å². The fourth-order valence-electron chi connectivity index (χ4n) is 3.35. The normalized spacial score (nSPS) is 18.3. The van der Waals surface area contributed by atoms with E-state index in [2.05, 4.69) is 51.1 Å². The molecule has 0 bridgehead atoms. The second-order valence-electron chi connectivity index (χ2n) is 6.59. The summed E-state index contributed by atoms with van der Waals surface area (Å²) >= 11 is 1.76. The number of thiophene rings is 1. The van der Waals surface area contributed by atoms with Crippen molar-refractivity contribution in [2.45, 2.75) is 25.2 Å². The van der Waals surface area contributed by atoms with Crippen LogP contribution < -0.4 is 10.1 Å². The van der Waals surface area contributed by atoms with E-state index in [0.717, 1.165) is 37.8 Å². The zero-order valence-electron chi connectivity index (χ0n) is 15.6. The third kappa shape index (κ3) is 5.13. The van der Waals surface area contributed by atoms with Gasteiger partial charge in [-0.05, 0) is 52.4 Å². The predicted molar refractivity (Wildman–Crippen MR) is 121 cm³/mol. The molecule has 4 nitrogen and oxygen atoms in total. The molecule has 1 fully saturated rings. The van der Waals surface area contributed by atoms with Crippen LogP contribution in [0.4, 0.5) is 0 Å². The van der Waals surface area contributed by atoms with E-state index < -0.39 is 0 Å². The summed E-state index contributed by atoms with van der Waals surface area (Å²) in [5, 5.41) is 7.92. The topological polar surface area (TPSA) is 36.9 Å². The van der Waals surface area contributed by atoms with Crippen molar-refractivity contribution < 1.29 is 4.74 Å². The lowest BCUT2D eigenvalue weighted by Gasteiger charge is -2.23. The lowest BCUT2D eigenvalue weighted by atomic mass is 9.98. The van der Waals surface area contributed by atoms with Gasteiger partial charge in [-0.3, -0.25) is 4.99 Å². The van der Waals surface area contributed by atoms with E-state index in [9.17, 15) is 0 Å². The Balaban J connectivity index is 0.00000243. The molecule has 1 aliphatic rings. The minimum absolute atomic E-state index is 0. The maximum Gasteiger partial charge on any atom is 0.193 e. The first-order valence-electron chi connectivity index (χ1n) is 8.83. The SMILES string of the molecule is CN=C(NCC(C)c1ccsc1)N1CCC(c2ccc(OC)cc2)C1.I. The predicted octanol–water partition coefficient (Wildman–Crippen LogP) is 4.54. The van der Waals surface area contributed by atoms with E-state index in [1.165, 1.54) is 11.1 Å². The number of hydrogen-bond donors (Lipinski definition) is 1. The van der Waals surface area contributed by atoms with Gasteiger partial charge < -0.3 is 15.0 Å². The van der Waals surface area contributed by atoms with E-state index in [1.54, 1.807) is 18.4 Å². The Hall–Kier alpha value is -1.28. The van der Waals surface area contributed by atoms with Gasteiger partial charge in [0.2, 0.25) is 0 Å². The van der Waals surface area contributed by atoms with E-state index in [-0.39, 0.29) is 24.0 Å². The number of likely N-dealkylation sites (tertiary alicyclic amines) is 1. The highest BCUT2D eigenvalue weighted by molar-refractivity contribution is 14.0. The first-order chi connectivity index (χ1) is 12.2. The van der Waals surface area contributed by atoms with Gasteiger partial charge in [-0.1, -0.05) is 19.1 Å². The van der Waals surface area contributed by atoms with Gasteiger partial charge in [-0.15, -0.1) is 24.0 Å². The van der Waals surface area contributed by atoms with Crippen molar-refractivity contribution in [3.05, 3.63) is 52.2 Å². The summed E-state index contributed by atoms with van der Waals surface area (Å²) in [6.45, 7) is 5.22. The third-order valence-corrected chi connectivity index (χ3v) is 5.67. The molecule has 0 radical (unpaired) electrons. The summed E-state index contributed by atoms with van der Waals surface area (Å²) in [5.41, 5.74) is 2.77. The number of nitrogens with one attached hydrogen (secondary N) is 1. The van der Waals surface area contributed by atoms with Crippen molar-refractivity contribution in [2.75, 3.05) is 33.8 Å². The molecule has 1 N–H and O–H groups in total. The summed E-state index contributed by atoms with van der Waals surface area (Å²) in [6, 6.07) is 10.7. The molecule has 6 heteroatoms. The van der Waals surface area contributed by atoms with Crippen molar-refractivity contribution >= 4 is 41.3 Å². The number of nitrogens with zero attached hydrogens (tertiary/aromatic N) is 2. The van der Waals surface area contributed by atoms with E-state index >= 15 is 0 Å². The highest BCUT2D eigenvalue weighted by atomic mass is 127. The highest BCUT2D eigenvalue weighted by Gasteiger charge is 2.26. The number of methoxy groups -OCH3 is 1. The fourth-order valence-corrected chi connectivity index (χ4v) is 4.13. The first kappa shape index (κ1) is 21.0. The molecule has 142 valence electrons. The van der Waals surface area contributed by atoms with Gasteiger partial charge >= 0.3 is 0 Å². The van der Waals surface area contributed by atoms with Crippen LogP contribution in [-0.2, 0) is 0 Å². The number of hydrogen-bond acceptors (Lipinski definition) is 3. The summed E-state index contributed by atoms with van der Waals surface area (Å²) in [6.07, 6.45) is 1.16. The van der Waals surface area contributed by atoms with E-state index in [1.807, 2.05) is 19.2 Å². The average Bonchev–Trinajstić information content (AvgIpc) is 3.34. The lowest BCUT2D eigenvalue weighted by molar-refractivity contribution is 0.414. The zero-order chi connectivity index (χ0) is 17.6. The van der Waals surface area contributed by atoms with Gasteiger partial charge in [-0.25, -0.2) is 0 Å². The molecule has 1 aromatic carbocycles. The highest BCUT2D eigenvalue weighted by Crippen LogP contribution is 2.28. The summed E-state index contributed by atoms with van der Waals surface area (Å²) in [5.74, 6) is 2.97. The zero-order valence-corrected chi connectivity index (χ0v) is 18.8. The van der Waals surface area contributed by atoms with Gasteiger partial charge in [0, 0.05) is 32.6 Å². The number of aliphatic imine (C=N–C) groups is 1. The van der Waals surface area contributed by atoms with E-state index in [0.29, 0.717) is 11.8 Å². The van der Waals surface area contributed by atoms with Gasteiger partial charge in [0.05, 0.1) is 7.11 Å². The van der Waals surface area contributed by atoms with Crippen molar-refractivity contribution in [1.29, 1.82) is 0 Å². The lowest BCUT2D eigenvalue weighted by Crippen LogP contribution is -2.41. The molecule has 0 amide bonds. The van der Waals surface area contributed by atoms with Gasteiger partial charge in [0.25, 0.3) is 0 Å². The molecule has 3 rings (SSSR count). The summed E-state index contributed by atoms with van der Waals surface area (Å²) < 4.78 is 5.25. The maximum absolute atomic E-state index is 5.25. The summed E-state index contributed by atoms with van der Waals surface area (Å²) in [4.78, 5) is 6.86. The number of guanidine groups is 1. The number of benzene rings is 1. The minimum atomic E-state index is 0. The smallest absolute Gasteiger partial charge is 0.193 e. The van der Waals surface area contributed by atoms with Crippen LogP contribution in [0.15, 0.2) is 46.1 Å². The van der Waals surface area contributed by atoms with Crippen LogP contribution in [0.3, 0.4) is 0 Å². The Bertz CT molecular complexity index is 688. The minimum Gasteiger partial charge on any atom is -0.497 e. The van der Waals surface area contributed by atoms with Crippen LogP contribution in [-0.4, -0.2) is 44.7 Å². The van der Waals surface area contributed by atoms with Crippen molar-refractivity contribution in [3.63, 3.8) is 0 Å². The average molecular weight is 485 g/mol. The fraction of sp³-hybridized carbons (Fsp3) is 0.450. The van der Waals surface area contributed by atoms with Crippen molar-refractivity contribution in [3.8, 4) is 5.75 Å². The molecular formula is C20H28IN3OS. The Morgan fingerprint density at radius 3 is 2.73 bits per heavy atom. The molecule has 1 saturated heterocycles. The largest absolute Gasteiger partial charge is 0.497 e. The molecule has 1 aliphatic heterocycles. The summed E-state index contributed by atoms with van der Waals surface area (Å²) in [7, 11) is 3.58. The van der Waals surface area contributed by atoms with Crippen molar-refractivity contribution in [2.24, 2.45) is 4.99 Å². The Labute approximate surface area is 177 Å². The first-order valence-corrected chi connectivity index (χ1v) is 9.77. The van der Waals surface area contributed by atoms with Crippen LogP contribution >= 0.6 is 35.3 Å². The quantitative estimate of drug-likeness (QED) is 0.384. The molecule has 26 heavy (non-hydrogen) atoms. The van der Waals surface area contributed by atoms with Gasteiger partial charge in [0.15, 0.2) is 5.96 Å². The molecule has 2 unspecified atom stereocenters. The molecule has 0 saturated carbocycles.